The van der Waals surface area contributed by atoms with Gasteiger partial charge in [0.2, 0.25) is 5.95 Å². The lowest BCUT2D eigenvalue weighted by atomic mass is 10.0. The summed E-state index contributed by atoms with van der Waals surface area (Å²) in [6.45, 7) is 0. The molecule has 8 aromatic carbocycles. The van der Waals surface area contributed by atoms with Crippen molar-refractivity contribution in [3.05, 3.63) is 212 Å². The number of hydrogen-bond acceptors (Lipinski definition) is 4. The molecule has 294 valence electrons. The molecule has 0 amide bonds. The van der Waals surface area contributed by atoms with Gasteiger partial charge in [-0.2, -0.15) is 0 Å². The summed E-state index contributed by atoms with van der Waals surface area (Å²) in [6, 6.07) is 72.7. The molecule has 0 atom stereocenters. The van der Waals surface area contributed by atoms with Crippen LogP contribution in [0.3, 0.4) is 0 Å². The maximum Gasteiger partial charge on any atom is 0.235 e. The Balaban J connectivity index is 0.936. The fourth-order valence-corrected chi connectivity index (χ4v) is 9.41. The van der Waals surface area contributed by atoms with Crippen LogP contribution in [-0.2, 0) is 0 Å². The molecule has 5 aromatic heterocycles. The Morgan fingerprint density at radius 2 is 0.857 bits per heavy atom. The van der Waals surface area contributed by atoms with Crippen LogP contribution in [0.2, 0.25) is 0 Å². The normalized spacial score (nSPS) is 11.8. The zero-order valence-electron chi connectivity index (χ0n) is 33.9. The summed E-state index contributed by atoms with van der Waals surface area (Å²) >= 11 is 0. The zero-order chi connectivity index (χ0) is 41.4. The number of hydrogen-bond donors (Lipinski definition) is 0. The number of pyridine rings is 1. The maximum absolute atomic E-state index is 6.05. The highest BCUT2D eigenvalue weighted by Crippen LogP contribution is 2.39. The van der Waals surface area contributed by atoms with Gasteiger partial charge in [0.05, 0.1) is 45.3 Å². The Labute approximate surface area is 361 Å². The smallest absolute Gasteiger partial charge is 0.235 e. The van der Waals surface area contributed by atoms with Crippen molar-refractivity contribution in [3.63, 3.8) is 0 Å². The largest absolute Gasteiger partial charge is 0.454 e. The fraction of sp³-hybridized carbons (Fsp3) is 0. The second-order valence-corrected chi connectivity index (χ2v) is 16.1. The molecule has 13 rings (SSSR count). The highest BCUT2D eigenvalue weighted by molar-refractivity contribution is 6.12. The van der Waals surface area contributed by atoms with Crippen molar-refractivity contribution in [2.75, 3.05) is 0 Å². The van der Waals surface area contributed by atoms with Crippen LogP contribution in [0.4, 0.5) is 0 Å². The van der Waals surface area contributed by atoms with Gasteiger partial charge >= 0.3 is 0 Å². The van der Waals surface area contributed by atoms with Gasteiger partial charge in [-0.25, -0.2) is 9.97 Å². The average molecular weight is 806 g/mol. The van der Waals surface area contributed by atoms with Gasteiger partial charge in [-0.3, -0.25) is 9.55 Å². The second kappa shape index (κ2) is 14.0. The Morgan fingerprint density at radius 3 is 1.59 bits per heavy atom. The van der Waals surface area contributed by atoms with E-state index in [-0.39, 0.29) is 0 Å². The molecule has 0 saturated carbocycles. The van der Waals surface area contributed by atoms with Crippen LogP contribution >= 0.6 is 0 Å². The molecule has 0 saturated heterocycles. The minimum absolute atomic E-state index is 0.634. The third-order valence-corrected chi connectivity index (χ3v) is 12.4. The molecule has 6 heteroatoms. The van der Waals surface area contributed by atoms with E-state index in [1.54, 1.807) is 0 Å². The summed E-state index contributed by atoms with van der Waals surface area (Å²) in [5.74, 6) is 0.634. The maximum atomic E-state index is 6.05. The highest BCUT2D eigenvalue weighted by atomic mass is 16.3. The number of para-hydroxylation sites is 3. The number of nitrogens with zero attached hydrogens (tertiary/aromatic N) is 5. The third-order valence-electron chi connectivity index (χ3n) is 12.4. The number of furan rings is 1. The van der Waals surface area contributed by atoms with E-state index in [4.69, 9.17) is 19.4 Å². The lowest BCUT2D eigenvalue weighted by Crippen LogP contribution is -2.04. The van der Waals surface area contributed by atoms with E-state index in [9.17, 15) is 0 Å². The molecule has 0 aliphatic carbocycles. The van der Waals surface area contributed by atoms with Crippen molar-refractivity contribution < 1.29 is 4.42 Å². The van der Waals surface area contributed by atoms with Gasteiger partial charge in [0, 0.05) is 54.7 Å². The second-order valence-electron chi connectivity index (χ2n) is 16.1. The first-order valence-corrected chi connectivity index (χ1v) is 21.2. The molecule has 0 aliphatic rings. The number of fused-ring (bicyclic) bond motifs is 9. The SMILES string of the molecule is c1ccc(-c2cc(-c3ccccc3)nc(-n3c4ccccc4c4ccc(-c5ccc6c(c5)c5ccccc5n6-c5ccc(-c6cc7c(cn6)oc6ccccc67)cc5)cc43)n2)cc1. The zero-order valence-corrected chi connectivity index (χ0v) is 33.9. The molecule has 63 heavy (non-hydrogen) atoms. The summed E-state index contributed by atoms with van der Waals surface area (Å²) in [5.41, 5.74) is 15.2. The summed E-state index contributed by atoms with van der Waals surface area (Å²) < 4.78 is 10.6. The topological polar surface area (TPSA) is 61.7 Å². The fourth-order valence-electron chi connectivity index (χ4n) is 9.41. The van der Waals surface area contributed by atoms with Crippen LogP contribution in [-0.4, -0.2) is 24.1 Å². The summed E-state index contributed by atoms with van der Waals surface area (Å²) in [5, 5.41) is 6.87. The van der Waals surface area contributed by atoms with Crippen molar-refractivity contribution in [3.8, 4) is 56.5 Å². The molecule has 0 unspecified atom stereocenters. The number of rotatable bonds is 6. The van der Waals surface area contributed by atoms with Gasteiger partial charge in [-0.05, 0) is 71.8 Å². The van der Waals surface area contributed by atoms with E-state index in [2.05, 4.69) is 185 Å². The molecular formula is C57H35N5O. The van der Waals surface area contributed by atoms with Crippen molar-refractivity contribution >= 4 is 65.6 Å². The minimum Gasteiger partial charge on any atom is -0.454 e. The first kappa shape index (κ1) is 35.2. The molecule has 0 aliphatic heterocycles. The number of benzene rings is 8. The van der Waals surface area contributed by atoms with Gasteiger partial charge < -0.3 is 8.98 Å². The highest BCUT2D eigenvalue weighted by Gasteiger charge is 2.19. The third kappa shape index (κ3) is 5.69. The minimum atomic E-state index is 0.634. The molecule has 6 nitrogen and oxygen atoms in total. The van der Waals surface area contributed by atoms with Crippen molar-refractivity contribution in [2.45, 2.75) is 0 Å². The Hall–Kier alpha value is -8.61. The van der Waals surface area contributed by atoms with Crippen LogP contribution in [0.25, 0.3) is 122 Å². The lowest BCUT2D eigenvalue weighted by molar-refractivity contribution is 0.667. The molecule has 0 bridgehead atoms. The van der Waals surface area contributed by atoms with Gasteiger partial charge in [0.1, 0.15) is 5.58 Å². The van der Waals surface area contributed by atoms with E-state index < -0.39 is 0 Å². The van der Waals surface area contributed by atoms with Crippen LogP contribution in [0.1, 0.15) is 0 Å². The van der Waals surface area contributed by atoms with E-state index in [1.165, 1.54) is 10.8 Å². The van der Waals surface area contributed by atoms with Crippen LogP contribution in [0.15, 0.2) is 217 Å². The van der Waals surface area contributed by atoms with Gasteiger partial charge in [-0.1, -0.05) is 146 Å². The lowest BCUT2D eigenvalue weighted by Gasteiger charge is -2.12. The van der Waals surface area contributed by atoms with Gasteiger partial charge in [0.25, 0.3) is 0 Å². The van der Waals surface area contributed by atoms with Crippen molar-refractivity contribution in [1.82, 2.24) is 24.1 Å². The predicted molar refractivity (Wildman–Crippen MR) is 258 cm³/mol. The molecule has 0 fully saturated rings. The van der Waals surface area contributed by atoms with E-state index in [1.807, 2.05) is 36.5 Å². The van der Waals surface area contributed by atoms with Crippen LogP contribution in [0.5, 0.6) is 0 Å². The molecule has 0 spiro atoms. The van der Waals surface area contributed by atoms with Gasteiger partial charge in [-0.15, -0.1) is 0 Å². The van der Waals surface area contributed by atoms with Crippen molar-refractivity contribution in [1.29, 1.82) is 0 Å². The van der Waals surface area contributed by atoms with Crippen LogP contribution in [0, 0.1) is 0 Å². The van der Waals surface area contributed by atoms with E-state index >= 15 is 0 Å². The average Bonchev–Trinajstić information content (AvgIpc) is 4.01. The quantitative estimate of drug-likeness (QED) is 0.168. The first-order valence-electron chi connectivity index (χ1n) is 21.2. The summed E-state index contributed by atoms with van der Waals surface area (Å²) in [7, 11) is 0. The molecule has 0 N–H and O–H groups in total. The van der Waals surface area contributed by atoms with E-state index in [0.717, 1.165) is 105 Å². The van der Waals surface area contributed by atoms with Crippen molar-refractivity contribution in [2.24, 2.45) is 0 Å². The molecule has 13 aromatic rings. The Bertz CT molecular complexity index is 3840. The van der Waals surface area contributed by atoms with E-state index in [0.29, 0.717) is 5.95 Å². The standard InChI is InChI=1S/C57H35N5O/c1-3-13-36(14-4-1)49-34-50(37-15-5-2-6-16-37)60-57(59-49)62-52-21-11-7-17-42(52)44-29-25-40(32-54(44)62)39-26-30-53-46(31-39)43-18-8-10-20-51(43)61(53)41-27-23-38(24-28-41)48-33-47-45-19-9-12-22-55(45)63-56(47)35-58-48/h1-35H. The first-order chi connectivity index (χ1) is 31.2. The number of aromatic nitrogens is 5. The Morgan fingerprint density at radius 1 is 0.317 bits per heavy atom. The molecule has 5 heterocycles. The molecular weight excluding hydrogens is 771 g/mol. The summed E-state index contributed by atoms with van der Waals surface area (Å²) in [6.07, 6.45) is 1.83. The summed E-state index contributed by atoms with van der Waals surface area (Å²) in [4.78, 5) is 15.3. The Kier molecular flexibility index (Phi) is 7.80. The van der Waals surface area contributed by atoms with Gasteiger partial charge in [0.15, 0.2) is 5.58 Å². The molecule has 0 radical (unpaired) electrons. The monoisotopic (exact) mass is 805 g/mol. The van der Waals surface area contributed by atoms with Crippen LogP contribution < -0.4 is 0 Å². The predicted octanol–water partition coefficient (Wildman–Crippen LogP) is 14.6.